The fourth-order valence-electron chi connectivity index (χ4n) is 2.83. The summed E-state index contributed by atoms with van der Waals surface area (Å²) in [6.07, 6.45) is 7.07. The number of hydrogen-bond acceptors (Lipinski definition) is 4. The SMILES string of the molecule is CCCCNC(=O)COc1ccc(S(=O)(=O)NC2CCCCC2)cc1. The maximum atomic E-state index is 12.4. The Bertz CT molecular complexity index is 638. The van der Waals surface area contributed by atoms with Crippen molar-refractivity contribution in [2.45, 2.75) is 62.8 Å². The van der Waals surface area contributed by atoms with E-state index in [0.717, 1.165) is 38.5 Å². The molecule has 1 fully saturated rings. The van der Waals surface area contributed by atoms with Crippen LogP contribution in [0.4, 0.5) is 0 Å². The van der Waals surface area contributed by atoms with Crippen molar-refractivity contribution in [2.75, 3.05) is 13.2 Å². The smallest absolute Gasteiger partial charge is 0.257 e. The fraction of sp³-hybridized carbons (Fsp3) is 0.611. The summed E-state index contributed by atoms with van der Waals surface area (Å²) < 4.78 is 33.0. The van der Waals surface area contributed by atoms with E-state index in [9.17, 15) is 13.2 Å². The van der Waals surface area contributed by atoms with Gasteiger partial charge in [0, 0.05) is 12.6 Å². The lowest BCUT2D eigenvalue weighted by Gasteiger charge is -2.22. The van der Waals surface area contributed by atoms with Gasteiger partial charge in [-0.05, 0) is 43.5 Å². The van der Waals surface area contributed by atoms with Gasteiger partial charge in [0.15, 0.2) is 6.61 Å². The van der Waals surface area contributed by atoms with E-state index < -0.39 is 10.0 Å². The van der Waals surface area contributed by atoms with Crippen molar-refractivity contribution in [1.29, 1.82) is 0 Å². The minimum absolute atomic E-state index is 0.0292. The fourth-order valence-corrected chi connectivity index (χ4v) is 4.13. The zero-order chi connectivity index (χ0) is 18.1. The third-order valence-electron chi connectivity index (χ3n) is 4.28. The van der Waals surface area contributed by atoms with Crippen molar-refractivity contribution in [2.24, 2.45) is 0 Å². The van der Waals surface area contributed by atoms with E-state index in [2.05, 4.69) is 17.0 Å². The zero-order valence-corrected chi connectivity index (χ0v) is 15.6. The second kappa shape index (κ2) is 9.77. The number of hydrogen-bond donors (Lipinski definition) is 2. The van der Waals surface area contributed by atoms with Gasteiger partial charge in [0.1, 0.15) is 5.75 Å². The molecule has 0 bridgehead atoms. The quantitative estimate of drug-likeness (QED) is 0.656. The van der Waals surface area contributed by atoms with Crippen LogP contribution in [0.5, 0.6) is 5.75 Å². The van der Waals surface area contributed by atoms with Gasteiger partial charge in [0.25, 0.3) is 5.91 Å². The monoisotopic (exact) mass is 368 g/mol. The van der Waals surface area contributed by atoms with Crippen LogP contribution in [-0.4, -0.2) is 33.5 Å². The zero-order valence-electron chi connectivity index (χ0n) is 14.8. The van der Waals surface area contributed by atoms with Crippen molar-refractivity contribution >= 4 is 15.9 Å². The van der Waals surface area contributed by atoms with Gasteiger partial charge in [-0.15, -0.1) is 0 Å². The molecule has 0 heterocycles. The maximum Gasteiger partial charge on any atom is 0.257 e. The van der Waals surface area contributed by atoms with E-state index in [1.807, 2.05) is 0 Å². The standard InChI is InChI=1S/C18H28N2O4S/c1-2-3-13-19-18(21)14-24-16-9-11-17(12-10-16)25(22,23)20-15-7-5-4-6-8-15/h9-12,15,20H,2-8,13-14H2,1H3,(H,19,21). The first-order chi connectivity index (χ1) is 12.0. The molecular formula is C18H28N2O4S. The molecule has 0 atom stereocenters. The number of carbonyl (C=O) groups is 1. The topological polar surface area (TPSA) is 84.5 Å². The summed E-state index contributed by atoms with van der Waals surface area (Å²) in [5, 5.41) is 2.77. The normalized spacial score (nSPS) is 15.7. The number of nitrogens with one attached hydrogen (secondary N) is 2. The third-order valence-corrected chi connectivity index (χ3v) is 5.82. The first kappa shape index (κ1) is 19.7. The molecule has 2 rings (SSSR count). The van der Waals surface area contributed by atoms with Crippen LogP contribution >= 0.6 is 0 Å². The molecule has 0 aromatic heterocycles. The molecule has 0 aliphatic heterocycles. The Morgan fingerprint density at radius 1 is 1.16 bits per heavy atom. The van der Waals surface area contributed by atoms with Gasteiger partial charge in [0.05, 0.1) is 4.90 Å². The summed E-state index contributed by atoms with van der Waals surface area (Å²) in [7, 11) is -3.51. The van der Waals surface area contributed by atoms with Gasteiger partial charge in [0.2, 0.25) is 10.0 Å². The van der Waals surface area contributed by atoms with Crippen LogP contribution in [0.25, 0.3) is 0 Å². The van der Waals surface area contributed by atoms with Crippen LogP contribution in [0.3, 0.4) is 0 Å². The van der Waals surface area contributed by atoms with Crippen molar-refractivity contribution < 1.29 is 17.9 Å². The molecule has 0 unspecified atom stereocenters. The Hall–Kier alpha value is -1.60. The predicted molar refractivity (Wildman–Crippen MR) is 97.0 cm³/mol. The highest BCUT2D eigenvalue weighted by molar-refractivity contribution is 7.89. The van der Waals surface area contributed by atoms with E-state index in [-0.39, 0.29) is 23.5 Å². The Balaban J connectivity index is 1.84. The highest BCUT2D eigenvalue weighted by atomic mass is 32.2. The average Bonchev–Trinajstić information content (AvgIpc) is 2.61. The summed E-state index contributed by atoms with van der Waals surface area (Å²) in [5.74, 6) is 0.298. The largest absolute Gasteiger partial charge is 0.484 e. The number of unbranched alkanes of at least 4 members (excludes halogenated alkanes) is 1. The minimum Gasteiger partial charge on any atom is -0.484 e. The Morgan fingerprint density at radius 3 is 2.48 bits per heavy atom. The summed E-state index contributed by atoms with van der Waals surface area (Å²) in [6, 6.07) is 6.20. The van der Waals surface area contributed by atoms with Crippen molar-refractivity contribution in [3.05, 3.63) is 24.3 Å². The molecular weight excluding hydrogens is 340 g/mol. The molecule has 1 aliphatic carbocycles. The Kier molecular flexibility index (Phi) is 7.71. The van der Waals surface area contributed by atoms with E-state index in [1.165, 1.54) is 18.6 Å². The van der Waals surface area contributed by atoms with Crippen molar-refractivity contribution in [1.82, 2.24) is 10.0 Å². The lowest BCUT2D eigenvalue weighted by Crippen LogP contribution is -2.36. The van der Waals surface area contributed by atoms with Gasteiger partial charge in [-0.3, -0.25) is 4.79 Å². The van der Waals surface area contributed by atoms with Crippen LogP contribution < -0.4 is 14.8 Å². The molecule has 6 nitrogen and oxygen atoms in total. The number of rotatable bonds is 9. The van der Waals surface area contributed by atoms with E-state index in [0.29, 0.717) is 12.3 Å². The van der Waals surface area contributed by atoms with Crippen LogP contribution in [0, 0.1) is 0 Å². The summed E-state index contributed by atoms with van der Waals surface area (Å²) in [4.78, 5) is 11.8. The van der Waals surface area contributed by atoms with Crippen LogP contribution in [-0.2, 0) is 14.8 Å². The van der Waals surface area contributed by atoms with E-state index in [1.54, 1.807) is 12.1 Å². The lowest BCUT2D eigenvalue weighted by atomic mass is 9.96. The molecule has 1 saturated carbocycles. The predicted octanol–water partition coefficient (Wildman–Crippen LogP) is 2.59. The minimum atomic E-state index is -3.51. The number of ether oxygens (including phenoxy) is 1. The summed E-state index contributed by atoms with van der Waals surface area (Å²) in [5.41, 5.74) is 0. The molecule has 25 heavy (non-hydrogen) atoms. The molecule has 1 aromatic rings. The first-order valence-electron chi connectivity index (χ1n) is 9.03. The van der Waals surface area contributed by atoms with Gasteiger partial charge < -0.3 is 10.1 Å². The van der Waals surface area contributed by atoms with E-state index >= 15 is 0 Å². The van der Waals surface area contributed by atoms with Gasteiger partial charge in [-0.2, -0.15) is 0 Å². The molecule has 0 saturated heterocycles. The van der Waals surface area contributed by atoms with Gasteiger partial charge in [-0.25, -0.2) is 13.1 Å². The first-order valence-corrected chi connectivity index (χ1v) is 10.5. The van der Waals surface area contributed by atoms with Crippen molar-refractivity contribution in [3.8, 4) is 5.75 Å². The Labute approximate surface area is 150 Å². The maximum absolute atomic E-state index is 12.4. The second-order valence-electron chi connectivity index (χ2n) is 6.42. The molecule has 1 aromatic carbocycles. The Morgan fingerprint density at radius 2 is 1.84 bits per heavy atom. The third kappa shape index (κ3) is 6.66. The molecule has 0 radical (unpaired) electrons. The highest BCUT2D eigenvalue weighted by Crippen LogP contribution is 2.21. The molecule has 1 aliphatic rings. The highest BCUT2D eigenvalue weighted by Gasteiger charge is 2.21. The molecule has 140 valence electrons. The van der Waals surface area contributed by atoms with Gasteiger partial charge in [-0.1, -0.05) is 32.6 Å². The number of sulfonamides is 1. The average molecular weight is 368 g/mol. The number of amides is 1. The van der Waals surface area contributed by atoms with Crippen LogP contribution in [0.2, 0.25) is 0 Å². The number of benzene rings is 1. The second-order valence-corrected chi connectivity index (χ2v) is 8.13. The van der Waals surface area contributed by atoms with Crippen LogP contribution in [0.1, 0.15) is 51.9 Å². The summed E-state index contributed by atoms with van der Waals surface area (Å²) >= 11 is 0. The molecule has 2 N–H and O–H groups in total. The summed E-state index contributed by atoms with van der Waals surface area (Å²) in [6.45, 7) is 2.63. The molecule has 7 heteroatoms. The van der Waals surface area contributed by atoms with E-state index in [4.69, 9.17) is 4.74 Å². The molecule has 0 spiro atoms. The van der Waals surface area contributed by atoms with Crippen LogP contribution in [0.15, 0.2) is 29.2 Å². The molecule has 1 amide bonds. The lowest BCUT2D eigenvalue weighted by molar-refractivity contribution is -0.123. The van der Waals surface area contributed by atoms with Gasteiger partial charge >= 0.3 is 0 Å². The van der Waals surface area contributed by atoms with Crippen molar-refractivity contribution in [3.63, 3.8) is 0 Å². The number of carbonyl (C=O) groups excluding carboxylic acids is 1.